The van der Waals surface area contributed by atoms with Gasteiger partial charge in [0.15, 0.2) is 11.5 Å². The maximum atomic E-state index is 13.6. The van der Waals surface area contributed by atoms with Gasteiger partial charge in [-0.15, -0.1) is 11.3 Å². The number of benzene rings is 3. The Kier molecular flexibility index (Phi) is 5.38. The van der Waals surface area contributed by atoms with Gasteiger partial charge in [-0.3, -0.25) is 4.79 Å². The van der Waals surface area contributed by atoms with E-state index in [1.807, 2.05) is 37.3 Å². The first-order chi connectivity index (χ1) is 14.4. The number of halogens is 1. The summed E-state index contributed by atoms with van der Waals surface area (Å²) in [5.74, 6) is 1.19. The maximum absolute atomic E-state index is 13.6. The van der Waals surface area contributed by atoms with Crippen LogP contribution in [0, 0.1) is 12.7 Å². The van der Waals surface area contributed by atoms with Crippen molar-refractivity contribution in [3.05, 3.63) is 83.7 Å². The Balaban J connectivity index is 1.78. The number of phenolic OH excluding ortho intramolecular Hbond substituents is 1. The maximum Gasteiger partial charge on any atom is 0.153 e. The van der Waals surface area contributed by atoms with Gasteiger partial charge in [-0.25, -0.2) is 4.39 Å². The summed E-state index contributed by atoms with van der Waals surface area (Å²) in [6, 6.07) is 17.2. The highest BCUT2D eigenvalue weighted by molar-refractivity contribution is 7.22. The smallest absolute Gasteiger partial charge is 0.153 e. The third-order valence-electron chi connectivity index (χ3n) is 4.67. The van der Waals surface area contributed by atoms with E-state index in [0.717, 1.165) is 31.7 Å². The van der Waals surface area contributed by atoms with Crippen LogP contribution in [0.3, 0.4) is 0 Å². The van der Waals surface area contributed by atoms with Crippen LogP contribution in [0.15, 0.2) is 66.7 Å². The number of aromatic hydroxyl groups is 1. The molecule has 0 saturated carbocycles. The molecular weight excluding hydrogens is 399 g/mol. The molecule has 4 aromatic rings. The van der Waals surface area contributed by atoms with Crippen LogP contribution in [0.25, 0.3) is 26.6 Å². The van der Waals surface area contributed by atoms with Crippen LogP contribution < -0.4 is 4.74 Å². The summed E-state index contributed by atoms with van der Waals surface area (Å²) in [7, 11) is 0. The normalized spacial score (nSPS) is 11.3. The molecule has 1 N–H and O–H groups in total. The second kappa shape index (κ2) is 8.13. The van der Waals surface area contributed by atoms with E-state index in [9.17, 15) is 14.3 Å². The molecule has 0 spiro atoms. The van der Waals surface area contributed by atoms with Crippen LogP contribution in [-0.4, -0.2) is 10.9 Å². The van der Waals surface area contributed by atoms with E-state index in [2.05, 4.69) is 0 Å². The van der Waals surface area contributed by atoms with Crippen molar-refractivity contribution in [2.24, 2.45) is 0 Å². The number of carbonyl (C=O) groups is 1. The lowest BCUT2D eigenvalue weighted by Gasteiger charge is -2.10. The van der Waals surface area contributed by atoms with E-state index in [1.54, 1.807) is 24.3 Å². The summed E-state index contributed by atoms with van der Waals surface area (Å²) in [5, 5.41) is 10.8. The first-order valence-corrected chi connectivity index (χ1v) is 10.2. The molecule has 1 aromatic heterocycles. The fraction of sp³-hybridized carbons (Fsp3) is 0.0800. The van der Waals surface area contributed by atoms with Crippen molar-refractivity contribution in [2.45, 2.75) is 13.8 Å². The zero-order valence-electron chi connectivity index (χ0n) is 16.5. The number of rotatable bonds is 5. The number of hydrogen-bond acceptors (Lipinski definition) is 4. The molecule has 3 aromatic carbocycles. The minimum atomic E-state index is -0.285. The molecule has 3 nitrogen and oxygen atoms in total. The summed E-state index contributed by atoms with van der Waals surface area (Å²) in [5.41, 5.74) is 2.58. The number of aryl methyl sites for hydroxylation is 1. The Bertz CT molecular complexity index is 1270. The van der Waals surface area contributed by atoms with E-state index >= 15 is 0 Å². The summed E-state index contributed by atoms with van der Waals surface area (Å²) in [6.07, 6.45) is 3.27. The molecule has 0 aliphatic rings. The quantitative estimate of drug-likeness (QED) is 0.351. The van der Waals surface area contributed by atoms with Gasteiger partial charge < -0.3 is 9.84 Å². The van der Waals surface area contributed by atoms with Gasteiger partial charge in [-0.05, 0) is 79.1 Å². The van der Waals surface area contributed by atoms with Gasteiger partial charge in [-0.1, -0.05) is 24.3 Å². The van der Waals surface area contributed by atoms with Crippen molar-refractivity contribution >= 4 is 33.3 Å². The number of ketones is 1. The first-order valence-electron chi connectivity index (χ1n) is 9.39. The highest BCUT2D eigenvalue weighted by Gasteiger charge is 2.18. The summed E-state index contributed by atoms with van der Waals surface area (Å²) < 4.78 is 20.8. The number of allylic oxidation sites excluding steroid dienone is 1. The molecule has 1 heterocycles. The zero-order valence-corrected chi connectivity index (χ0v) is 17.3. The van der Waals surface area contributed by atoms with Crippen molar-refractivity contribution in [1.29, 1.82) is 0 Å². The third kappa shape index (κ3) is 4.11. The van der Waals surface area contributed by atoms with Crippen molar-refractivity contribution in [3.8, 4) is 27.7 Å². The van der Waals surface area contributed by atoms with Crippen LogP contribution in [0.1, 0.15) is 18.1 Å². The molecule has 0 radical (unpaired) electrons. The predicted molar refractivity (Wildman–Crippen MR) is 120 cm³/mol. The predicted octanol–water partition coefficient (Wildman–Crippen LogP) is 7.12. The topological polar surface area (TPSA) is 46.5 Å². The molecular formula is C25H19FO3S. The van der Waals surface area contributed by atoms with Crippen LogP contribution >= 0.6 is 11.3 Å². The van der Waals surface area contributed by atoms with Gasteiger partial charge in [-0.2, -0.15) is 0 Å². The van der Waals surface area contributed by atoms with Gasteiger partial charge in [0.1, 0.15) is 17.3 Å². The fourth-order valence-electron chi connectivity index (χ4n) is 3.20. The van der Waals surface area contributed by atoms with Crippen LogP contribution in [-0.2, 0) is 4.79 Å². The molecule has 0 amide bonds. The Labute approximate surface area is 177 Å². The summed E-state index contributed by atoms with van der Waals surface area (Å²) in [6.45, 7) is 3.37. The first kappa shape index (κ1) is 19.9. The molecule has 0 atom stereocenters. The van der Waals surface area contributed by atoms with Crippen molar-refractivity contribution in [2.75, 3.05) is 0 Å². The van der Waals surface area contributed by atoms with E-state index in [4.69, 9.17) is 4.74 Å². The Morgan fingerprint density at radius 3 is 2.53 bits per heavy atom. The van der Waals surface area contributed by atoms with Crippen LogP contribution in [0.4, 0.5) is 4.39 Å². The average Bonchev–Trinajstić information content (AvgIpc) is 3.04. The number of ether oxygens (including phenoxy) is 1. The minimum Gasteiger partial charge on any atom is -0.508 e. The van der Waals surface area contributed by atoms with Gasteiger partial charge in [0.05, 0.1) is 4.88 Å². The molecule has 0 fully saturated rings. The van der Waals surface area contributed by atoms with E-state index in [-0.39, 0.29) is 17.3 Å². The lowest BCUT2D eigenvalue weighted by Crippen LogP contribution is -1.88. The van der Waals surface area contributed by atoms with Gasteiger partial charge in [0.25, 0.3) is 0 Å². The highest BCUT2D eigenvalue weighted by Crippen LogP contribution is 2.47. The fourth-order valence-corrected chi connectivity index (χ4v) is 4.45. The Morgan fingerprint density at radius 1 is 1.07 bits per heavy atom. The van der Waals surface area contributed by atoms with E-state index < -0.39 is 0 Å². The van der Waals surface area contributed by atoms with Crippen molar-refractivity contribution in [3.63, 3.8) is 0 Å². The second-order valence-corrected chi connectivity index (χ2v) is 8.07. The number of hydrogen-bond donors (Lipinski definition) is 1. The summed E-state index contributed by atoms with van der Waals surface area (Å²) in [4.78, 5) is 12.0. The zero-order chi connectivity index (χ0) is 21.3. The number of phenols is 1. The standard InChI is InChI=1S/C25H19FO3S/c1-15-13-18(26)7-11-21(15)25-24(22-12-8-19(28)14-23(22)30-25)29-20-9-5-17(6-10-20)4-3-16(2)27/h3-14,28H,1-2H3/b4-3+. The largest absolute Gasteiger partial charge is 0.508 e. The van der Waals surface area contributed by atoms with Crippen molar-refractivity contribution in [1.82, 2.24) is 0 Å². The highest BCUT2D eigenvalue weighted by atomic mass is 32.1. The number of fused-ring (bicyclic) bond motifs is 1. The second-order valence-electron chi connectivity index (χ2n) is 7.02. The van der Waals surface area contributed by atoms with Gasteiger partial charge in [0.2, 0.25) is 0 Å². The average molecular weight is 418 g/mol. The molecule has 150 valence electrons. The molecule has 30 heavy (non-hydrogen) atoms. The van der Waals surface area contributed by atoms with Crippen LogP contribution in [0.2, 0.25) is 0 Å². The lowest BCUT2D eigenvalue weighted by atomic mass is 10.1. The van der Waals surface area contributed by atoms with Crippen molar-refractivity contribution < 1.29 is 19.0 Å². The molecule has 0 unspecified atom stereocenters. The SMILES string of the molecule is CC(=O)/C=C/c1ccc(Oc2c(-c3ccc(F)cc3C)sc3cc(O)ccc23)cc1. The monoisotopic (exact) mass is 418 g/mol. The van der Waals surface area contributed by atoms with Crippen LogP contribution in [0.5, 0.6) is 17.2 Å². The summed E-state index contributed by atoms with van der Waals surface area (Å²) >= 11 is 1.49. The molecule has 0 saturated heterocycles. The van der Waals surface area contributed by atoms with Gasteiger partial charge >= 0.3 is 0 Å². The Hall–Kier alpha value is -3.44. The lowest BCUT2D eigenvalue weighted by molar-refractivity contribution is -0.112. The molecule has 0 bridgehead atoms. The Morgan fingerprint density at radius 2 is 1.83 bits per heavy atom. The molecule has 5 heteroatoms. The third-order valence-corrected chi connectivity index (χ3v) is 5.84. The molecule has 4 rings (SSSR count). The molecule has 0 aliphatic carbocycles. The van der Waals surface area contributed by atoms with E-state index in [0.29, 0.717) is 11.5 Å². The van der Waals surface area contributed by atoms with Gasteiger partial charge in [0, 0.05) is 10.1 Å². The number of thiophene rings is 1. The minimum absolute atomic E-state index is 0.0115. The number of carbonyl (C=O) groups excluding carboxylic acids is 1. The van der Waals surface area contributed by atoms with E-state index in [1.165, 1.54) is 36.5 Å². The molecule has 0 aliphatic heterocycles.